The third kappa shape index (κ3) is 3.87. The topological polar surface area (TPSA) is 176 Å². The summed E-state index contributed by atoms with van der Waals surface area (Å²) in [7, 11) is -3.58. The van der Waals surface area contributed by atoms with Gasteiger partial charge in [-0.2, -0.15) is 0 Å². The summed E-state index contributed by atoms with van der Waals surface area (Å²) in [6, 6.07) is 2.13. The van der Waals surface area contributed by atoms with Crippen LogP contribution in [0.25, 0.3) is 11.0 Å². The van der Waals surface area contributed by atoms with E-state index in [2.05, 4.69) is 14.7 Å². The molecule has 0 radical (unpaired) electrons. The van der Waals surface area contributed by atoms with Gasteiger partial charge in [0.05, 0.1) is 22.2 Å². The highest BCUT2D eigenvalue weighted by Crippen LogP contribution is 2.23. The number of nitrogens with one attached hydrogen (secondary N) is 2. The van der Waals surface area contributed by atoms with Crippen LogP contribution in [0.4, 0.5) is 5.69 Å². The molecule has 1 aromatic carbocycles. The first kappa shape index (κ1) is 17.0. The Morgan fingerprint density at radius 2 is 2.09 bits per heavy atom. The van der Waals surface area contributed by atoms with Crippen molar-refractivity contribution in [1.29, 1.82) is 0 Å². The lowest BCUT2D eigenvalue weighted by atomic mass is 10.1. The molecule has 0 saturated heterocycles. The highest BCUT2D eigenvalue weighted by molar-refractivity contribution is 7.88. The predicted octanol–water partition coefficient (Wildman–Crippen LogP) is -1.14. The van der Waals surface area contributed by atoms with Crippen LogP contribution in [0.5, 0.6) is 0 Å². The number of nitro groups is 1. The van der Waals surface area contributed by atoms with E-state index in [4.69, 9.17) is 10.2 Å². The van der Waals surface area contributed by atoms with Crippen molar-refractivity contribution >= 4 is 26.7 Å². The van der Waals surface area contributed by atoms with Gasteiger partial charge in [-0.3, -0.25) is 14.9 Å². The Bertz CT molecular complexity index is 935. The van der Waals surface area contributed by atoms with E-state index in [1.165, 1.54) is 0 Å². The van der Waals surface area contributed by atoms with Crippen molar-refractivity contribution in [3.8, 4) is 0 Å². The number of aliphatic hydroxyl groups is 2. The summed E-state index contributed by atoms with van der Waals surface area (Å²) in [6.07, 6.45) is -1.24. The van der Waals surface area contributed by atoms with Crippen LogP contribution in [0.15, 0.2) is 16.9 Å². The summed E-state index contributed by atoms with van der Waals surface area (Å²) < 4.78 is 24.5. The van der Waals surface area contributed by atoms with Crippen LogP contribution in [0.2, 0.25) is 0 Å². The van der Waals surface area contributed by atoms with Gasteiger partial charge in [-0.1, -0.05) is 0 Å². The van der Waals surface area contributed by atoms with Gasteiger partial charge in [-0.25, -0.2) is 18.1 Å². The van der Waals surface area contributed by atoms with Crippen molar-refractivity contribution in [2.24, 2.45) is 0 Å². The Morgan fingerprint density at radius 3 is 2.61 bits per heavy atom. The Balaban J connectivity index is 2.71. The van der Waals surface area contributed by atoms with E-state index in [1.54, 1.807) is 0 Å². The van der Waals surface area contributed by atoms with Gasteiger partial charge in [0.25, 0.3) is 11.2 Å². The van der Waals surface area contributed by atoms with E-state index in [0.29, 0.717) is 0 Å². The minimum atomic E-state index is -3.58. The monoisotopic (exact) mass is 344 g/mol. The van der Waals surface area contributed by atoms with Gasteiger partial charge >= 0.3 is 0 Å². The zero-order valence-corrected chi connectivity index (χ0v) is 12.5. The Morgan fingerprint density at radius 1 is 1.43 bits per heavy atom. The highest BCUT2D eigenvalue weighted by Gasteiger charge is 2.18. The molecule has 0 saturated carbocycles. The molecule has 0 amide bonds. The van der Waals surface area contributed by atoms with Crippen LogP contribution < -0.4 is 10.3 Å². The number of fused-ring (bicyclic) bond motifs is 1. The number of aromatic nitrogens is 2. The predicted molar refractivity (Wildman–Crippen MR) is 77.9 cm³/mol. The molecule has 11 nitrogen and oxygen atoms in total. The van der Waals surface area contributed by atoms with Gasteiger partial charge in [0.15, 0.2) is 5.69 Å². The van der Waals surface area contributed by atoms with E-state index in [1.807, 2.05) is 0 Å². The number of H-pyrrole nitrogens is 1. The fourth-order valence-electron chi connectivity index (χ4n) is 1.89. The summed E-state index contributed by atoms with van der Waals surface area (Å²) in [5, 5.41) is 29.2. The summed E-state index contributed by atoms with van der Waals surface area (Å²) in [4.78, 5) is 27.9. The lowest BCUT2D eigenvalue weighted by Gasteiger charge is -2.09. The lowest BCUT2D eigenvalue weighted by Crippen LogP contribution is -2.23. The molecule has 0 spiro atoms. The van der Waals surface area contributed by atoms with Crippen molar-refractivity contribution in [2.75, 3.05) is 6.26 Å². The molecule has 2 aromatic rings. The molecular weight excluding hydrogens is 332 g/mol. The van der Waals surface area contributed by atoms with Crippen LogP contribution in [0.1, 0.15) is 17.5 Å². The lowest BCUT2D eigenvalue weighted by molar-refractivity contribution is -0.384. The maximum Gasteiger partial charge on any atom is 0.275 e. The van der Waals surface area contributed by atoms with E-state index in [0.717, 1.165) is 18.4 Å². The second-order valence-electron chi connectivity index (χ2n) is 4.68. The van der Waals surface area contributed by atoms with Crippen molar-refractivity contribution in [3.05, 3.63) is 43.9 Å². The number of hydrogen-bond donors (Lipinski definition) is 4. The quantitative estimate of drug-likeness (QED) is 0.299. The fraction of sp³-hybridized carbons (Fsp3) is 0.273. The first-order chi connectivity index (χ1) is 10.6. The largest absolute Gasteiger partial charge is 0.363 e. The molecule has 0 aliphatic carbocycles. The molecule has 0 aliphatic heterocycles. The van der Waals surface area contributed by atoms with Crippen LogP contribution in [0.3, 0.4) is 0 Å². The fourth-order valence-corrected chi connectivity index (χ4v) is 2.30. The average molecular weight is 344 g/mol. The second-order valence-corrected chi connectivity index (χ2v) is 6.51. The van der Waals surface area contributed by atoms with E-state index in [-0.39, 0.29) is 28.8 Å². The van der Waals surface area contributed by atoms with E-state index in [9.17, 15) is 23.3 Å². The molecule has 0 bridgehead atoms. The number of non-ortho nitro benzene ring substituents is 1. The first-order valence-electron chi connectivity index (χ1n) is 6.10. The van der Waals surface area contributed by atoms with Gasteiger partial charge < -0.3 is 15.2 Å². The minimum Gasteiger partial charge on any atom is -0.363 e. The number of benzene rings is 1. The van der Waals surface area contributed by atoms with Crippen molar-refractivity contribution in [1.82, 2.24) is 14.7 Å². The molecule has 4 N–H and O–H groups in total. The van der Waals surface area contributed by atoms with Crippen LogP contribution >= 0.6 is 0 Å². The summed E-state index contributed by atoms with van der Waals surface area (Å²) in [6.45, 7) is -0.322. The number of nitro benzene ring substituents is 1. The minimum absolute atomic E-state index is 0.00875. The van der Waals surface area contributed by atoms with Crippen LogP contribution in [-0.2, 0) is 16.6 Å². The molecule has 2 rings (SSSR count). The number of sulfonamides is 1. The van der Waals surface area contributed by atoms with Crippen LogP contribution in [-0.4, -0.2) is 39.8 Å². The summed E-state index contributed by atoms with van der Waals surface area (Å²) in [5.41, 5.74) is -1.83. The molecule has 1 heterocycles. The zero-order valence-electron chi connectivity index (χ0n) is 11.7. The smallest absolute Gasteiger partial charge is 0.275 e. The molecule has 0 unspecified atom stereocenters. The summed E-state index contributed by atoms with van der Waals surface area (Å²) >= 11 is 0. The molecule has 0 aliphatic rings. The van der Waals surface area contributed by atoms with Gasteiger partial charge in [-0.05, 0) is 0 Å². The standard InChI is InChI=1S/C11H12N4O7S/c1-23(21,22)12-4-5-2-6(15(19)20)3-7-8(5)14-9(11(17)18)10(16)13-7/h2-3,11-12,17-18H,4H2,1H3,(H,13,16). The van der Waals surface area contributed by atoms with Gasteiger partial charge in [0.2, 0.25) is 16.3 Å². The number of aromatic amines is 1. The van der Waals surface area contributed by atoms with Crippen LogP contribution in [0, 0.1) is 10.1 Å². The first-order valence-corrected chi connectivity index (χ1v) is 7.99. The van der Waals surface area contributed by atoms with Gasteiger partial charge in [-0.15, -0.1) is 0 Å². The Hall–Kier alpha value is -2.41. The molecule has 0 fully saturated rings. The molecule has 1 aromatic heterocycles. The number of hydrogen-bond acceptors (Lipinski definition) is 8. The summed E-state index contributed by atoms with van der Waals surface area (Å²) in [5.74, 6) is 0. The molecule has 0 atom stereocenters. The number of rotatable bonds is 5. The third-order valence-electron chi connectivity index (χ3n) is 2.87. The Kier molecular flexibility index (Phi) is 4.42. The normalized spacial score (nSPS) is 12.0. The maximum absolute atomic E-state index is 11.7. The molecule has 23 heavy (non-hydrogen) atoms. The third-order valence-corrected chi connectivity index (χ3v) is 3.54. The molecule has 12 heteroatoms. The SMILES string of the molecule is CS(=O)(=O)NCc1cc([N+](=O)[O-])cc2[nH]c(=O)c(C(O)O)nc12. The molecule has 124 valence electrons. The highest BCUT2D eigenvalue weighted by atomic mass is 32.2. The number of aliphatic hydroxyl groups excluding tert-OH is 1. The van der Waals surface area contributed by atoms with Gasteiger partial charge in [0, 0.05) is 24.2 Å². The average Bonchev–Trinajstić information content (AvgIpc) is 2.42. The van der Waals surface area contributed by atoms with Gasteiger partial charge in [0.1, 0.15) is 0 Å². The van der Waals surface area contributed by atoms with Crippen molar-refractivity contribution < 1.29 is 23.6 Å². The second kappa shape index (κ2) is 6.00. The Labute approximate surface area is 128 Å². The molecular formula is C11H12N4O7S. The van der Waals surface area contributed by atoms with E-state index >= 15 is 0 Å². The maximum atomic E-state index is 11.7. The number of nitrogens with zero attached hydrogens (tertiary/aromatic N) is 2. The van der Waals surface area contributed by atoms with E-state index < -0.39 is 32.5 Å². The van der Waals surface area contributed by atoms with Crippen molar-refractivity contribution in [2.45, 2.75) is 12.8 Å². The van der Waals surface area contributed by atoms with Crippen molar-refractivity contribution in [3.63, 3.8) is 0 Å². The zero-order chi connectivity index (χ0) is 17.4.